The average Bonchev–Trinajstić information content (AvgIpc) is 3.05. The molecule has 0 spiro atoms. The van der Waals surface area contributed by atoms with Gasteiger partial charge in [-0.1, -0.05) is 36.4 Å². The fraction of sp³-hybridized carbons (Fsp3) is 0.208. The highest BCUT2D eigenvalue weighted by Gasteiger charge is 2.38. The summed E-state index contributed by atoms with van der Waals surface area (Å²) in [5.74, 6) is 1.62. The van der Waals surface area contributed by atoms with Crippen molar-refractivity contribution in [1.29, 1.82) is 0 Å². The molecule has 0 saturated carbocycles. The van der Waals surface area contributed by atoms with E-state index >= 15 is 0 Å². The summed E-state index contributed by atoms with van der Waals surface area (Å²) in [7, 11) is 4.80. The summed E-state index contributed by atoms with van der Waals surface area (Å²) in [5, 5.41) is 0. The Morgan fingerprint density at radius 1 is 0.793 bits per heavy atom. The van der Waals surface area contributed by atoms with Gasteiger partial charge < -0.3 is 14.2 Å². The number of hydrogen-bond donors (Lipinski definition) is 0. The predicted molar refractivity (Wildman–Crippen MR) is 113 cm³/mol. The summed E-state index contributed by atoms with van der Waals surface area (Å²) in [6.45, 7) is 0. The minimum absolute atomic E-state index is 0.0502. The number of amides is 1. The molecule has 5 heteroatoms. The van der Waals surface area contributed by atoms with Gasteiger partial charge in [0.25, 0.3) is 0 Å². The summed E-state index contributed by atoms with van der Waals surface area (Å²) in [5.41, 5.74) is 3.70. The number of nitrogens with zero attached hydrogens (tertiary/aromatic N) is 1. The van der Waals surface area contributed by atoms with Crippen LogP contribution in [-0.4, -0.2) is 27.2 Å². The second-order valence-electron chi connectivity index (χ2n) is 6.84. The van der Waals surface area contributed by atoms with Crippen LogP contribution < -0.4 is 19.1 Å². The Bertz CT molecular complexity index is 1030. The van der Waals surface area contributed by atoms with Crippen molar-refractivity contribution in [3.05, 3.63) is 77.9 Å². The van der Waals surface area contributed by atoms with Gasteiger partial charge in [-0.05, 0) is 41.8 Å². The fourth-order valence-corrected chi connectivity index (χ4v) is 3.91. The monoisotopic (exact) mass is 389 g/mol. The highest BCUT2D eigenvalue weighted by atomic mass is 16.5. The van der Waals surface area contributed by atoms with Crippen molar-refractivity contribution in [3.8, 4) is 17.2 Å². The zero-order valence-corrected chi connectivity index (χ0v) is 16.7. The molecule has 0 unspecified atom stereocenters. The topological polar surface area (TPSA) is 48.0 Å². The molecule has 3 aromatic rings. The van der Waals surface area contributed by atoms with E-state index in [-0.39, 0.29) is 11.8 Å². The molecule has 0 aliphatic carbocycles. The predicted octanol–water partition coefficient (Wildman–Crippen LogP) is 4.72. The molecule has 4 rings (SSSR count). The lowest BCUT2D eigenvalue weighted by Crippen LogP contribution is -2.24. The maximum atomic E-state index is 13.5. The van der Waals surface area contributed by atoms with Crippen LogP contribution in [0.15, 0.2) is 66.7 Å². The van der Waals surface area contributed by atoms with E-state index in [1.807, 2.05) is 60.7 Å². The summed E-state index contributed by atoms with van der Waals surface area (Å²) < 4.78 is 16.4. The van der Waals surface area contributed by atoms with E-state index in [1.54, 1.807) is 32.3 Å². The first-order valence-electron chi connectivity index (χ1n) is 9.44. The van der Waals surface area contributed by atoms with Crippen molar-refractivity contribution in [3.63, 3.8) is 0 Å². The van der Waals surface area contributed by atoms with Gasteiger partial charge in [0.2, 0.25) is 5.91 Å². The molecule has 0 saturated heterocycles. The van der Waals surface area contributed by atoms with Crippen molar-refractivity contribution >= 4 is 17.3 Å². The number of para-hydroxylation sites is 2. The first kappa shape index (κ1) is 18.9. The van der Waals surface area contributed by atoms with Crippen LogP contribution in [0.5, 0.6) is 17.2 Å². The van der Waals surface area contributed by atoms with E-state index in [4.69, 9.17) is 14.2 Å². The smallest absolute Gasteiger partial charge is 0.239 e. The van der Waals surface area contributed by atoms with E-state index in [2.05, 4.69) is 0 Å². The minimum Gasteiger partial charge on any atom is -0.496 e. The molecule has 0 N–H and O–H groups in total. The van der Waals surface area contributed by atoms with Gasteiger partial charge in [0.05, 0.1) is 32.9 Å². The Morgan fingerprint density at radius 2 is 1.41 bits per heavy atom. The number of carbonyl (C=O) groups excluding carboxylic acids is 1. The summed E-state index contributed by atoms with van der Waals surface area (Å²) in [4.78, 5) is 15.3. The van der Waals surface area contributed by atoms with Crippen molar-refractivity contribution in [2.75, 3.05) is 26.2 Å². The van der Waals surface area contributed by atoms with E-state index < -0.39 is 0 Å². The molecular weight excluding hydrogens is 366 g/mol. The molecule has 148 valence electrons. The van der Waals surface area contributed by atoms with Crippen LogP contribution in [0.2, 0.25) is 0 Å². The second kappa shape index (κ2) is 7.87. The summed E-state index contributed by atoms with van der Waals surface area (Å²) >= 11 is 0. The van der Waals surface area contributed by atoms with Crippen LogP contribution >= 0.6 is 0 Å². The number of carbonyl (C=O) groups is 1. The van der Waals surface area contributed by atoms with Crippen molar-refractivity contribution < 1.29 is 19.0 Å². The molecule has 1 aliphatic heterocycles. The molecule has 5 nitrogen and oxygen atoms in total. The lowest BCUT2D eigenvalue weighted by molar-refractivity contribution is -0.118. The van der Waals surface area contributed by atoms with Gasteiger partial charge in [0.1, 0.15) is 5.75 Å². The van der Waals surface area contributed by atoms with Crippen molar-refractivity contribution in [2.24, 2.45) is 0 Å². The SMILES string of the molecule is COc1cc(OC)c(OC)cc1C[C@H]1C(=O)N(c2ccccc2)c2ccccc21. The molecule has 1 aliphatic rings. The minimum atomic E-state index is -0.307. The average molecular weight is 389 g/mol. The Labute approximate surface area is 170 Å². The molecule has 3 aromatic carbocycles. The molecule has 1 amide bonds. The van der Waals surface area contributed by atoms with Gasteiger partial charge in [-0.15, -0.1) is 0 Å². The van der Waals surface area contributed by atoms with Crippen LogP contribution in [-0.2, 0) is 11.2 Å². The second-order valence-corrected chi connectivity index (χ2v) is 6.84. The number of ether oxygens (including phenoxy) is 3. The molecule has 1 atom stereocenters. The third-order valence-corrected chi connectivity index (χ3v) is 5.30. The van der Waals surface area contributed by atoms with Crippen molar-refractivity contribution in [1.82, 2.24) is 0 Å². The zero-order chi connectivity index (χ0) is 20.4. The zero-order valence-electron chi connectivity index (χ0n) is 16.7. The third kappa shape index (κ3) is 3.29. The molecule has 0 bridgehead atoms. The first-order chi connectivity index (χ1) is 14.2. The molecule has 0 radical (unpaired) electrons. The number of anilines is 2. The van der Waals surface area contributed by atoms with E-state index in [0.29, 0.717) is 23.7 Å². The lowest BCUT2D eigenvalue weighted by atomic mass is 9.92. The van der Waals surface area contributed by atoms with E-state index in [1.165, 1.54) is 0 Å². The van der Waals surface area contributed by atoms with Crippen LogP contribution in [0, 0.1) is 0 Å². The van der Waals surface area contributed by atoms with Crippen LogP contribution in [0.1, 0.15) is 17.0 Å². The summed E-state index contributed by atoms with van der Waals surface area (Å²) in [6.07, 6.45) is 0.503. The van der Waals surface area contributed by atoms with Gasteiger partial charge >= 0.3 is 0 Å². The molecule has 0 fully saturated rings. The normalized spacial score (nSPS) is 15.2. The standard InChI is InChI=1S/C24H23NO4/c1-27-21-15-23(29-3)22(28-2)14-16(21)13-19-18-11-7-8-12-20(18)25(24(19)26)17-9-5-4-6-10-17/h4-12,14-15,19H,13H2,1-3H3/t19-/m1/s1. The van der Waals surface area contributed by atoms with Gasteiger partial charge in [-0.3, -0.25) is 9.69 Å². The molecule has 1 heterocycles. The number of methoxy groups -OCH3 is 3. The van der Waals surface area contributed by atoms with Gasteiger partial charge in [0, 0.05) is 11.8 Å². The Balaban J connectivity index is 1.76. The van der Waals surface area contributed by atoms with Crippen LogP contribution in [0.3, 0.4) is 0 Å². The Kier molecular flexibility index (Phi) is 5.12. The highest BCUT2D eigenvalue weighted by Crippen LogP contribution is 2.45. The van der Waals surface area contributed by atoms with Crippen LogP contribution in [0.25, 0.3) is 0 Å². The number of benzene rings is 3. The fourth-order valence-electron chi connectivity index (χ4n) is 3.91. The van der Waals surface area contributed by atoms with Gasteiger partial charge in [0.15, 0.2) is 11.5 Å². The Morgan fingerprint density at radius 3 is 2.10 bits per heavy atom. The highest BCUT2D eigenvalue weighted by molar-refractivity contribution is 6.10. The van der Waals surface area contributed by atoms with Crippen molar-refractivity contribution in [2.45, 2.75) is 12.3 Å². The first-order valence-corrected chi connectivity index (χ1v) is 9.44. The van der Waals surface area contributed by atoms with Gasteiger partial charge in [-0.25, -0.2) is 0 Å². The number of rotatable bonds is 6. The maximum Gasteiger partial charge on any atom is 0.239 e. The van der Waals surface area contributed by atoms with E-state index in [9.17, 15) is 4.79 Å². The largest absolute Gasteiger partial charge is 0.496 e. The van der Waals surface area contributed by atoms with E-state index in [0.717, 1.165) is 22.5 Å². The molecule has 0 aromatic heterocycles. The number of hydrogen-bond acceptors (Lipinski definition) is 4. The third-order valence-electron chi connectivity index (χ3n) is 5.30. The quantitative estimate of drug-likeness (QED) is 0.612. The summed E-state index contributed by atoms with van der Waals surface area (Å²) in [6, 6.07) is 21.4. The molecular formula is C24H23NO4. The number of fused-ring (bicyclic) bond motifs is 1. The van der Waals surface area contributed by atoms with Gasteiger partial charge in [-0.2, -0.15) is 0 Å². The Hall–Kier alpha value is -3.47. The maximum absolute atomic E-state index is 13.5. The van der Waals surface area contributed by atoms with Crippen LogP contribution in [0.4, 0.5) is 11.4 Å². The molecule has 29 heavy (non-hydrogen) atoms. The lowest BCUT2D eigenvalue weighted by Gasteiger charge is -2.19.